The Labute approximate surface area is 115 Å². The standard InChI is InChI=1S/C16H24FNO/c1-12-6-4-8-14(11-18(2)3)16(12,19)13-7-5-9-15(17)10-13/h5,7,9-10,12,14,19H,4,6,8,11H2,1-3H3. The SMILES string of the molecule is CC1CCCC(CN(C)C)C1(O)c1cccc(F)c1. The van der Waals surface area contributed by atoms with Crippen molar-refractivity contribution in [1.29, 1.82) is 0 Å². The highest BCUT2D eigenvalue weighted by Gasteiger charge is 2.45. The summed E-state index contributed by atoms with van der Waals surface area (Å²) in [7, 11) is 4.04. The van der Waals surface area contributed by atoms with Crippen LogP contribution in [0.3, 0.4) is 0 Å². The Kier molecular flexibility index (Phi) is 4.26. The van der Waals surface area contributed by atoms with Crippen molar-refractivity contribution in [2.75, 3.05) is 20.6 Å². The zero-order valence-corrected chi connectivity index (χ0v) is 12.1. The minimum Gasteiger partial charge on any atom is -0.385 e. The van der Waals surface area contributed by atoms with Gasteiger partial charge in [0.05, 0.1) is 5.60 Å². The van der Waals surface area contributed by atoms with Gasteiger partial charge in [-0.2, -0.15) is 0 Å². The Balaban J connectivity index is 2.38. The average molecular weight is 265 g/mol. The number of benzene rings is 1. The third-order valence-corrected chi connectivity index (χ3v) is 4.44. The lowest BCUT2D eigenvalue weighted by molar-refractivity contribution is -0.102. The summed E-state index contributed by atoms with van der Waals surface area (Å²) in [5, 5.41) is 11.3. The molecule has 3 atom stereocenters. The van der Waals surface area contributed by atoms with Gasteiger partial charge in [0.2, 0.25) is 0 Å². The molecular formula is C16H24FNO. The summed E-state index contributed by atoms with van der Waals surface area (Å²) < 4.78 is 13.5. The van der Waals surface area contributed by atoms with Crippen molar-refractivity contribution in [3.63, 3.8) is 0 Å². The molecule has 0 amide bonds. The molecular weight excluding hydrogens is 241 g/mol. The molecule has 0 aliphatic heterocycles. The molecule has 1 saturated carbocycles. The molecule has 0 aromatic heterocycles. The second-order valence-corrected chi connectivity index (χ2v) is 6.13. The van der Waals surface area contributed by atoms with Gasteiger partial charge >= 0.3 is 0 Å². The van der Waals surface area contributed by atoms with Crippen LogP contribution in [0.4, 0.5) is 4.39 Å². The molecule has 2 nitrogen and oxygen atoms in total. The van der Waals surface area contributed by atoms with Crippen LogP contribution in [0.1, 0.15) is 31.7 Å². The molecule has 0 radical (unpaired) electrons. The third-order valence-electron chi connectivity index (χ3n) is 4.44. The number of halogens is 1. The molecule has 3 unspecified atom stereocenters. The fourth-order valence-electron chi connectivity index (χ4n) is 3.44. The molecule has 1 aromatic rings. The molecule has 0 bridgehead atoms. The summed E-state index contributed by atoms with van der Waals surface area (Å²) >= 11 is 0. The molecule has 106 valence electrons. The monoisotopic (exact) mass is 265 g/mol. The molecule has 3 heteroatoms. The van der Waals surface area contributed by atoms with E-state index >= 15 is 0 Å². The summed E-state index contributed by atoms with van der Waals surface area (Å²) in [5.41, 5.74) is -0.184. The van der Waals surface area contributed by atoms with Gasteiger partial charge in [-0.15, -0.1) is 0 Å². The first-order valence-electron chi connectivity index (χ1n) is 7.07. The molecule has 1 N–H and O–H groups in total. The Bertz CT molecular complexity index is 435. The van der Waals surface area contributed by atoms with Crippen LogP contribution in [-0.2, 0) is 5.60 Å². The van der Waals surface area contributed by atoms with E-state index in [1.807, 2.05) is 20.2 Å². The quantitative estimate of drug-likeness (QED) is 0.908. The maximum absolute atomic E-state index is 13.5. The maximum Gasteiger partial charge on any atom is 0.123 e. The Hall–Kier alpha value is -0.930. The van der Waals surface area contributed by atoms with Crippen LogP contribution in [0.5, 0.6) is 0 Å². The van der Waals surface area contributed by atoms with Crippen LogP contribution in [-0.4, -0.2) is 30.6 Å². The van der Waals surface area contributed by atoms with Crippen molar-refractivity contribution in [1.82, 2.24) is 4.90 Å². The van der Waals surface area contributed by atoms with Gasteiger partial charge < -0.3 is 10.0 Å². The largest absolute Gasteiger partial charge is 0.385 e. The summed E-state index contributed by atoms with van der Waals surface area (Å²) in [6.07, 6.45) is 3.13. The highest BCUT2D eigenvalue weighted by molar-refractivity contribution is 5.26. The third kappa shape index (κ3) is 2.82. The number of hydrogen-bond donors (Lipinski definition) is 1. The summed E-state index contributed by atoms with van der Waals surface area (Å²) in [6.45, 7) is 2.91. The zero-order chi connectivity index (χ0) is 14.0. The molecule has 0 saturated heterocycles. The molecule has 2 rings (SSSR count). The predicted molar refractivity (Wildman–Crippen MR) is 75.4 cm³/mol. The minimum absolute atomic E-state index is 0.160. The number of hydrogen-bond acceptors (Lipinski definition) is 2. The van der Waals surface area contributed by atoms with Gasteiger partial charge in [-0.3, -0.25) is 0 Å². The molecule has 1 fully saturated rings. The number of rotatable bonds is 3. The molecule has 19 heavy (non-hydrogen) atoms. The molecule has 1 aliphatic rings. The summed E-state index contributed by atoms with van der Waals surface area (Å²) in [4.78, 5) is 2.10. The highest BCUT2D eigenvalue weighted by Crippen LogP contribution is 2.45. The van der Waals surface area contributed by atoms with E-state index in [9.17, 15) is 9.50 Å². The van der Waals surface area contributed by atoms with E-state index in [-0.39, 0.29) is 17.7 Å². The first kappa shape index (κ1) is 14.5. The fourth-order valence-corrected chi connectivity index (χ4v) is 3.44. The number of nitrogens with zero attached hydrogens (tertiary/aromatic N) is 1. The summed E-state index contributed by atoms with van der Waals surface area (Å²) in [5.74, 6) is 0.0494. The van der Waals surface area contributed by atoms with E-state index < -0.39 is 5.60 Å². The van der Waals surface area contributed by atoms with E-state index in [0.717, 1.165) is 31.4 Å². The second-order valence-electron chi connectivity index (χ2n) is 6.13. The van der Waals surface area contributed by atoms with E-state index in [2.05, 4.69) is 11.8 Å². The molecule has 1 aliphatic carbocycles. The molecule has 0 heterocycles. The maximum atomic E-state index is 13.5. The van der Waals surface area contributed by atoms with Crippen molar-refractivity contribution in [2.24, 2.45) is 11.8 Å². The zero-order valence-electron chi connectivity index (χ0n) is 12.1. The molecule has 1 aromatic carbocycles. The lowest BCUT2D eigenvalue weighted by Gasteiger charge is -2.46. The van der Waals surface area contributed by atoms with Gasteiger partial charge in [0.15, 0.2) is 0 Å². The Morgan fingerprint density at radius 1 is 1.37 bits per heavy atom. The average Bonchev–Trinajstić information content (AvgIpc) is 2.34. The van der Waals surface area contributed by atoms with Crippen LogP contribution in [0, 0.1) is 17.7 Å². The van der Waals surface area contributed by atoms with Gasteiger partial charge in [-0.05, 0) is 50.6 Å². The lowest BCUT2D eigenvalue weighted by Crippen LogP contribution is -2.48. The van der Waals surface area contributed by atoms with Crippen molar-refractivity contribution in [3.8, 4) is 0 Å². The van der Waals surface area contributed by atoms with Crippen LogP contribution in [0.2, 0.25) is 0 Å². The van der Waals surface area contributed by atoms with Crippen LogP contribution in [0.15, 0.2) is 24.3 Å². The summed E-state index contributed by atoms with van der Waals surface area (Å²) in [6, 6.07) is 6.47. The first-order chi connectivity index (χ1) is 8.94. The normalized spacial score (nSPS) is 31.7. The van der Waals surface area contributed by atoms with Gasteiger partial charge in [-0.25, -0.2) is 4.39 Å². The van der Waals surface area contributed by atoms with E-state index in [1.165, 1.54) is 12.1 Å². The highest BCUT2D eigenvalue weighted by atomic mass is 19.1. The Morgan fingerprint density at radius 2 is 2.11 bits per heavy atom. The van der Waals surface area contributed by atoms with E-state index in [1.54, 1.807) is 6.07 Å². The van der Waals surface area contributed by atoms with Gasteiger partial charge in [0, 0.05) is 12.5 Å². The Morgan fingerprint density at radius 3 is 2.74 bits per heavy atom. The van der Waals surface area contributed by atoms with Crippen molar-refractivity contribution >= 4 is 0 Å². The van der Waals surface area contributed by atoms with Crippen LogP contribution in [0.25, 0.3) is 0 Å². The van der Waals surface area contributed by atoms with Crippen molar-refractivity contribution in [3.05, 3.63) is 35.6 Å². The predicted octanol–water partition coefficient (Wildman–Crippen LogP) is 3.01. The van der Waals surface area contributed by atoms with Crippen molar-refractivity contribution < 1.29 is 9.50 Å². The lowest BCUT2D eigenvalue weighted by atomic mass is 9.65. The van der Waals surface area contributed by atoms with Crippen LogP contribution < -0.4 is 0 Å². The van der Waals surface area contributed by atoms with E-state index in [4.69, 9.17) is 0 Å². The van der Waals surface area contributed by atoms with Gasteiger partial charge in [-0.1, -0.05) is 25.5 Å². The van der Waals surface area contributed by atoms with Gasteiger partial charge in [0.1, 0.15) is 5.82 Å². The van der Waals surface area contributed by atoms with Gasteiger partial charge in [0.25, 0.3) is 0 Å². The van der Waals surface area contributed by atoms with E-state index in [0.29, 0.717) is 0 Å². The number of aliphatic hydroxyl groups is 1. The van der Waals surface area contributed by atoms with Crippen LogP contribution >= 0.6 is 0 Å². The minimum atomic E-state index is -0.912. The topological polar surface area (TPSA) is 23.5 Å². The first-order valence-corrected chi connectivity index (χ1v) is 7.07. The second kappa shape index (κ2) is 5.59. The smallest absolute Gasteiger partial charge is 0.123 e. The fraction of sp³-hybridized carbons (Fsp3) is 0.625. The molecule has 0 spiro atoms. The van der Waals surface area contributed by atoms with Crippen molar-refractivity contribution in [2.45, 2.75) is 31.8 Å².